The van der Waals surface area contributed by atoms with Crippen LogP contribution in [0, 0.1) is 17.8 Å². The lowest BCUT2D eigenvalue weighted by Crippen LogP contribution is -2.38. The highest BCUT2D eigenvalue weighted by atomic mass is 16.2. The van der Waals surface area contributed by atoms with Crippen molar-refractivity contribution in [2.45, 2.75) is 57.9 Å². The molecule has 0 bridgehead atoms. The van der Waals surface area contributed by atoms with Gasteiger partial charge >= 0.3 is 0 Å². The first kappa shape index (κ1) is 13.4. The van der Waals surface area contributed by atoms with Gasteiger partial charge in [0.25, 0.3) is 0 Å². The van der Waals surface area contributed by atoms with Crippen molar-refractivity contribution in [1.82, 2.24) is 10.2 Å². The number of rotatable bonds is 3. The molecule has 1 aliphatic carbocycles. The minimum Gasteiger partial charge on any atom is -0.339 e. The summed E-state index contributed by atoms with van der Waals surface area (Å²) in [5.74, 6) is 2.68. The number of hydrogen-bond donors (Lipinski definition) is 1. The van der Waals surface area contributed by atoms with Crippen LogP contribution in [0.25, 0.3) is 0 Å². The second kappa shape index (κ2) is 5.82. The van der Waals surface area contributed by atoms with Crippen LogP contribution in [-0.2, 0) is 4.79 Å². The van der Waals surface area contributed by atoms with Crippen LogP contribution < -0.4 is 5.32 Å². The predicted octanol–water partition coefficient (Wildman–Crippen LogP) is 2.41. The number of amides is 1. The van der Waals surface area contributed by atoms with Crippen molar-refractivity contribution in [2.75, 3.05) is 19.6 Å². The van der Waals surface area contributed by atoms with Crippen LogP contribution in [0.4, 0.5) is 0 Å². The molecule has 3 fully saturated rings. The molecule has 1 N–H and O–H groups in total. The number of fused-ring (bicyclic) bond motifs is 1. The molecule has 3 heteroatoms. The van der Waals surface area contributed by atoms with Crippen molar-refractivity contribution in [3.8, 4) is 0 Å². The molecule has 1 saturated carbocycles. The van der Waals surface area contributed by atoms with Crippen molar-refractivity contribution >= 4 is 5.91 Å². The Bertz CT molecular complexity index is 325. The molecule has 2 saturated heterocycles. The Balaban J connectivity index is 1.47. The molecule has 0 radical (unpaired) electrons. The van der Waals surface area contributed by atoms with Gasteiger partial charge in [-0.2, -0.15) is 0 Å². The maximum Gasteiger partial charge on any atom is 0.222 e. The van der Waals surface area contributed by atoms with Gasteiger partial charge in [-0.25, -0.2) is 0 Å². The maximum atomic E-state index is 12.4. The maximum absolute atomic E-state index is 12.4. The van der Waals surface area contributed by atoms with Crippen LogP contribution in [0.15, 0.2) is 0 Å². The highest BCUT2D eigenvalue weighted by Crippen LogP contribution is 2.33. The second-order valence-corrected chi connectivity index (χ2v) is 6.91. The molecular formula is C16H28N2O. The quantitative estimate of drug-likeness (QED) is 0.849. The lowest BCUT2D eigenvalue weighted by molar-refractivity contribution is -0.132. The fraction of sp³-hybridized carbons (Fsp3) is 0.938. The fourth-order valence-corrected chi connectivity index (χ4v) is 4.44. The van der Waals surface area contributed by atoms with Crippen molar-refractivity contribution in [3.63, 3.8) is 0 Å². The van der Waals surface area contributed by atoms with E-state index in [1.165, 1.54) is 32.1 Å². The van der Waals surface area contributed by atoms with Crippen LogP contribution in [0.5, 0.6) is 0 Å². The second-order valence-electron chi connectivity index (χ2n) is 6.91. The molecule has 3 aliphatic rings. The first-order chi connectivity index (χ1) is 9.25. The number of likely N-dealkylation sites (tertiary alicyclic amines) is 1. The molecule has 3 atom stereocenters. The zero-order valence-electron chi connectivity index (χ0n) is 12.2. The largest absolute Gasteiger partial charge is 0.339 e. The minimum absolute atomic E-state index is 0.424. The molecule has 2 aliphatic heterocycles. The Morgan fingerprint density at radius 1 is 1.21 bits per heavy atom. The Morgan fingerprint density at radius 3 is 2.74 bits per heavy atom. The standard InChI is InChI=1S/C16H28N2O/c1-12-15-10-17-9-14(15)11-18(12)16(19)8-7-13-5-3-2-4-6-13/h12-15,17H,2-11H2,1H3. The molecule has 19 heavy (non-hydrogen) atoms. The number of nitrogens with zero attached hydrogens (tertiary/aromatic N) is 1. The monoisotopic (exact) mass is 264 g/mol. The molecule has 0 aromatic heterocycles. The van der Waals surface area contributed by atoms with E-state index in [1.807, 2.05) is 0 Å². The van der Waals surface area contributed by atoms with Crippen molar-refractivity contribution in [2.24, 2.45) is 17.8 Å². The van der Waals surface area contributed by atoms with Gasteiger partial charge in [0.05, 0.1) is 0 Å². The van der Waals surface area contributed by atoms with E-state index < -0.39 is 0 Å². The van der Waals surface area contributed by atoms with Crippen LogP contribution in [0.3, 0.4) is 0 Å². The zero-order valence-corrected chi connectivity index (χ0v) is 12.2. The lowest BCUT2D eigenvalue weighted by atomic mass is 9.86. The van der Waals surface area contributed by atoms with Gasteiger partial charge in [0.1, 0.15) is 0 Å². The van der Waals surface area contributed by atoms with Gasteiger partial charge in [-0.15, -0.1) is 0 Å². The molecule has 0 aromatic rings. The van der Waals surface area contributed by atoms with E-state index in [2.05, 4.69) is 17.1 Å². The lowest BCUT2D eigenvalue weighted by Gasteiger charge is -2.26. The number of carbonyl (C=O) groups is 1. The Hall–Kier alpha value is -0.570. The summed E-state index contributed by atoms with van der Waals surface area (Å²) in [5, 5.41) is 3.46. The molecule has 0 aromatic carbocycles. The first-order valence-electron chi connectivity index (χ1n) is 8.26. The van der Waals surface area contributed by atoms with Gasteiger partial charge in [-0.3, -0.25) is 4.79 Å². The van der Waals surface area contributed by atoms with Gasteiger partial charge in [-0.1, -0.05) is 32.1 Å². The Kier molecular flexibility index (Phi) is 4.11. The van der Waals surface area contributed by atoms with Crippen LogP contribution in [0.2, 0.25) is 0 Å². The summed E-state index contributed by atoms with van der Waals surface area (Å²) >= 11 is 0. The van der Waals surface area contributed by atoms with Crippen LogP contribution >= 0.6 is 0 Å². The molecule has 1 amide bonds. The van der Waals surface area contributed by atoms with E-state index in [0.29, 0.717) is 23.8 Å². The molecule has 2 heterocycles. The van der Waals surface area contributed by atoms with Gasteiger partial charge in [0, 0.05) is 32.1 Å². The summed E-state index contributed by atoms with van der Waals surface area (Å²) in [4.78, 5) is 14.6. The molecule has 0 spiro atoms. The molecule has 3 unspecified atom stereocenters. The third-order valence-electron chi connectivity index (χ3n) is 5.75. The van der Waals surface area contributed by atoms with Crippen molar-refractivity contribution in [3.05, 3.63) is 0 Å². The topological polar surface area (TPSA) is 32.3 Å². The summed E-state index contributed by atoms with van der Waals surface area (Å²) < 4.78 is 0. The van der Waals surface area contributed by atoms with Crippen molar-refractivity contribution in [1.29, 1.82) is 0 Å². The molecule has 3 rings (SSSR count). The zero-order chi connectivity index (χ0) is 13.2. The number of carbonyl (C=O) groups excluding carboxylic acids is 1. The summed E-state index contributed by atoms with van der Waals surface area (Å²) in [6, 6.07) is 0.457. The first-order valence-corrected chi connectivity index (χ1v) is 8.26. The Morgan fingerprint density at radius 2 is 2.00 bits per heavy atom. The summed E-state index contributed by atoms with van der Waals surface area (Å²) in [7, 11) is 0. The van der Waals surface area contributed by atoms with Crippen LogP contribution in [-0.4, -0.2) is 36.5 Å². The minimum atomic E-state index is 0.424. The number of hydrogen-bond acceptors (Lipinski definition) is 2. The average molecular weight is 264 g/mol. The molecule has 3 nitrogen and oxygen atoms in total. The van der Waals surface area contributed by atoms with Gasteiger partial charge in [-0.05, 0) is 31.1 Å². The third kappa shape index (κ3) is 2.81. The third-order valence-corrected chi connectivity index (χ3v) is 5.75. The van der Waals surface area contributed by atoms with Crippen molar-refractivity contribution < 1.29 is 4.79 Å². The van der Waals surface area contributed by atoms with Gasteiger partial charge in [0.15, 0.2) is 0 Å². The van der Waals surface area contributed by atoms with E-state index in [-0.39, 0.29) is 0 Å². The number of nitrogens with one attached hydrogen (secondary N) is 1. The highest BCUT2D eigenvalue weighted by Gasteiger charge is 2.43. The average Bonchev–Trinajstić information content (AvgIpc) is 3.01. The summed E-state index contributed by atoms with van der Waals surface area (Å²) in [6.45, 7) is 5.47. The smallest absolute Gasteiger partial charge is 0.222 e. The molecular weight excluding hydrogens is 236 g/mol. The summed E-state index contributed by atoms with van der Waals surface area (Å²) in [6.07, 6.45) is 8.82. The predicted molar refractivity (Wildman–Crippen MR) is 76.8 cm³/mol. The van der Waals surface area contributed by atoms with Gasteiger partial charge < -0.3 is 10.2 Å². The fourth-order valence-electron chi connectivity index (χ4n) is 4.44. The van der Waals surface area contributed by atoms with Gasteiger partial charge in [0.2, 0.25) is 5.91 Å². The Labute approximate surface area is 117 Å². The van der Waals surface area contributed by atoms with E-state index >= 15 is 0 Å². The highest BCUT2D eigenvalue weighted by molar-refractivity contribution is 5.77. The normalized spacial score (nSPS) is 35.6. The molecule has 108 valence electrons. The van der Waals surface area contributed by atoms with E-state index in [4.69, 9.17) is 0 Å². The SMILES string of the molecule is CC1C2CNCC2CN1C(=O)CCC1CCCCC1. The van der Waals surface area contributed by atoms with E-state index in [1.54, 1.807) is 0 Å². The van der Waals surface area contributed by atoms with Crippen LogP contribution in [0.1, 0.15) is 51.9 Å². The van der Waals surface area contributed by atoms with E-state index in [9.17, 15) is 4.79 Å². The van der Waals surface area contributed by atoms with E-state index in [0.717, 1.165) is 38.4 Å². The summed E-state index contributed by atoms with van der Waals surface area (Å²) in [5.41, 5.74) is 0.